The number of piperidine rings is 1. The number of carbonyl (C=O) groups excluding carboxylic acids is 2. The maximum atomic E-state index is 11.4. The molecule has 5 nitrogen and oxygen atoms in total. The molecule has 72 valence electrons. The number of amides is 3. The van der Waals surface area contributed by atoms with Crippen molar-refractivity contribution in [2.75, 3.05) is 13.6 Å². The molecule has 0 aromatic rings. The Labute approximate surface area is 76.5 Å². The summed E-state index contributed by atoms with van der Waals surface area (Å²) in [6, 6.07) is -0.103. The summed E-state index contributed by atoms with van der Waals surface area (Å²) in [6.07, 6.45) is 1.67. The predicted molar refractivity (Wildman–Crippen MR) is 46.1 cm³/mol. The monoisotopic (exact) mass is 183 g/mol. The fourth-order valence-electron chi connectivity index (χ4n) is 2.01. The third-order valence-corrected chi connectivity index (χ3v) is 2.72. The van der Waals surface area contributed by atoms with Crippen LogP contribution in [-0.2, 0) is 4.79 Å². The van der Waals surface area contributed by atoms with Crippen molar-refractivity contribution in [2.24, 2.45) is 0 Å². The van der Waals surface area contributed by atoms with Crippen molar-refractivity contribution >= 4 is 11.9 Å². The maximum Gasteiger partial charge on any atom is 0.318 e. The summed E-state index contributed by atoms with van der Waals surface area (Å²) in [7, 11) is 1.60. The van der Waals surface area contributed by atoms with Gasteiger partial charge in [-0.05, 0) is 12.8 Å². The molecule has 2 rings (SSSR count). The highest BCUT2D eigenvalue weighted by Gasteiger charge is 2.41. The molecule has 1 unspecified atom stereocenters. The van der Waals surface area contributed by atoms with Crippen LogP contribution in [0.25, 0.3) is 0 Å². The third kappa shape index (κ3) is 1.24. The van der Waals surface area contributed by atoms with Crippen molar-refractivity contribution < 1.29 is 9.59 Å². The van der Waals surface area contributed by atoms with Crippen molar-refractivity contribution in [1.82, 2.24) is 15.5 Å². The number of urea groups is 1. The Morgan fingerprint density at radius 2 is 2.38 bits per heavy atom. The largest absolute Gasteiger partial charge is 0.357 e. The molecular weight excluding hydrogens is 170 g/mol. The third-order valence-electron chi connectivity index (χ3n) is 2.72. The number of nitrogens with zero attached hydrogens (tertiary/aromatic N) is 1. The maximum absolute atomic E-state index is 11.4. The lowest BCUT2D eigenvalue weighted by Gasteiger charge is -2.28. The summed E-state index contributed by atoms with van der Waals surface area (Å²) in [4.78, 5) is 24.3. The zero-order chi connectivity index (χ0) is 9.42. The van der Waals surface area contributed by atoms with Crippen LogP contribution in [0.2, 0.25) is 0 Å². The highest BCUT2D eigenvalue weighted by molar-refractivity contribution is 5.88. The van der Waals surface area contributed by atoms with Crippen LogP contribution >= 0.6 is 0 Å². The molecule has 2 aliphatic heterocycles. The molecule has 0 aliphatic carbocycles. The number of hydrogen-bond acceptors (Lipinski definition) is 2. The number of carbonyl (C=O) groups is 2. The smallest absolute Gasteiger partial charge is 0.318 e. The minimum atomic E-state index is -0.260. The van der Waals surface area contributed by atoms with Crippen molar-refractivity contribution in [2.45, 2.75) is 24.9 Å². The molecule has 5 heteroatoms. The van der Waals surface area contributed by atoms with Gasteiger partial charge in [0.25, 0.3) is 0 Å². The second kappa shape index (κ2) is 2.90. The zero-order valence-corrected chi connectivity index (χ0v) is 7.54. The van der Waals surface area contributed by atoms with Crippen LogP contribution in [0.3, 0.4) is 0 Å². The van der Waals surface area contributed by atoms with Crippen LogP contribution in [0.4, 0.5) is 4.79 Å². The van der Waals surface area contributed by atoms with E-state index in [1.165, 1.54) is 0 Å². The summed E-state index contributed by atoms with van der Waals surface area (Å²) in [5.41, 5.74) is 0. The fourth-order valence-corrected chi connectivity index (χ4v) is 2.01. The van der Waals surface area contributed by atoms with Crippen LogP contribution in [0.15, 0.2) is 0 Å². The van der Waals surface area contributed by atoms with Crippen molar-refractivity contribution in [3.8, 4) is 0 Å². The molecule has 2 aliphatic rings. The van der Waals surface area contributed by atoms with Gasteiger partial charge < -0.3 is 15.5 Å². The van der Waals surface area contributed by atoms with Gasteiger partial charge in [-0.25, -0.2) is 4.79 Å². The number of rotatable bonds is 1. The van der Waals surface area contributed by atoms with Crippen molar-refractivity contribution in [1.29, 1.82) is 0 Å². The van der Waals surface area contributed by atoms with E-state index in [1.807, 2.05) is 0 Å². The van der Waals surface area contributed by atoms with Gasteiger partial charge >= 0.3 is 6.03 Å². The molecule has 2 fully saturated rings. The van der Waals surface area contributed by atoms with Crippen LogP contribution < -0.4 is 10.6 Å². The van der Waals surface area contributed by atoms with Gasteiger partial charge in [0.1, 0.15) is 6.04 Å². The number of hydrogen-bond donors (Lipinski definition) is 2. The number of nitrogens with one attached hydrogen (secondary N) is 2. The Bertz CT molecular complexity index is 254. The zero-order valence-electron chi connectivity index (χ0n) is 7.54. The summed E-state index contributed by atoms with van der Waals surface area (Å²) in [5.74, 6) is -0.0597. The molecule has 2 bridgehead atoms. The summed E-state index contributed by atoms with van der Waals surface area (Å²) in [6.45, 7) is 0.678. The van der Waals surface area contributed by atoms with Gasteiger partial charge in [0, 0.05) is 19.6 Å². The van der Waals surface area contributed by atoms with Crippen molar-refractivity contribution in [3.05, 3.63) is 0 Å². The summed E-state index contributed by atoms with van der Waals surface area (Å²) in [5, 5.41) is 5.41. The lowest BCUT2D eigenvalue weighted by molar-refractivity contribution is -0.125. The van der Waals surface area contributed by atoms with E-state index < -0.39 is 0 Å². The molecular formula is C8H13N3O2. The lowest BCUT2D eigenvalue weighted by Crippen LogP contribution is -2.48. The van der Waals surface area contributed by atoms with Gasteiger partial charge in [-0.15, -0.1) is 0 Å². The molecule has 0 saturated carbocycles. The first-order valence-electron chi connectivity index (χ1n) is 4.51. The van der Waals surface area contributed by atoms with Crippen LogP contribution in [-0.4, -0.2) is 42.5 Å². The molecule has 2 atom stereocenters. The molecule has 0 spiro atoms. The van der Waals surface area contributed by atoms with E-state index in [0.29, 0.717) is 6.54 Å². The Morgan fingerprint density at radius 1 is 1.62 bits per heavy atom. The SMILES string of the molecule is CNC(=O)C1CC[C@@H]2CN1C(=O)N2. The number of fused-ring (bicyclic) bond motifs is 2. The van der Waals surface area contributed by atoms with E-state index in [4.69, 9.17) is 0 Å². The van der Waals surface area contributed by atoms with E-state index >= 15 is 0 Å². The Morgan fingerprint density at radius 3 is 3.08 bits per heavy atom. The fraction of sp³-hybridized carbons (Fsp3) is 0.750. The Hall–Kier alpha value is -1.26. The van der Waals surface area contributed by atoms with Gasteiger partial charge in [-0.1, -0.05) is 0 Å². The lowest BCUT2D eigenvalue weighted by atomic mass is 10.0. The minimum absolute atomic E-state index is 0.0597. The van der Waals surface area contributed by atoms with Crippen molar-refractivity contribution in [3.63, 3.8) is 0 Å². The van der Waals surface area contributed by atoms with Gasteiger partial charge in [0.2, 0.25) is 5.91 Å². The molecule has 0 aromatic carbocycles. The van der Waals surface area contributed by atoms with E-state index in [9.17, 15) is 9.59 Å². The highest BCUT2D eigenvalue weighted by Crippen LogP contribution is 2.22. The molecule has 2 N–H and O–H groups in total. The van der Waals surface area contributed by atoms with Crippen LogP contribution in [0.1, 0.15) is 12.8 Å². The normalized spacial score (nSPS) is 31.5. The van der Waals surface area contributed by atoms with Gasteiger partial charge in [0.05, 0.1) is 0 Å². The molecule has 3 amide bonds. The molecule has 2 heterocycles. The summed E-state index contributed by atoms with van der Waals surface area (Å²) < 4.78 is 0. The molecule has 13 heavy (non-hydrogen) atoms. The van der Waals surface area contributed by atoms with Gasteiger partial charge in [0.15, 0.2) is 0 Å². The average Bonchev–Trinajstić information content (AvgIpc) is 2.42. The number of likely N-dealkylation sites (N-methyl/N-ethyl adjacent to an activating group) is 1. The quantitative estimate of drug-likeness (QED) is 0.564. The standard InChI is InChI=1S/C8H13N3O2/c1-9-7(12)6-3-2-5-4-11(6)8(13)10-5/h5-6H,2-4H2,1H3,(H,9,12)(H,10,13)/t5-,6?/m1/s1. The van der Waals surface area contributed by atoms with E-state index in [0.717, 1.165) is 12.8 Å². The Balaban J connectivity index is 2.13. The van der Waals surface area contributed by atoms with Gasteiger partial charge in [-0.2, -0.15) is 0 Å². The van der Waals surface area contributed by atoms with E-state index in [2.05, 4.69) is 10.6 Å². The molecule has 2 saturated heterocycles. The molecule has 0 radical (unpaired) electrons. The second-order valence-electron chi connectivity index (χ2n) is 3.51. The van der Waals surface area contributed by atoms with Gasteiger partial charge in [-0.3, -0.25) is 4.79 Å². The highest BCUT2D eigenvalue weighted by atomic mass is 16.2. The Kier molecular flexibility index (Phi) is 1.86. The van der Waals surface area contributed by atoms with Crippen LogP contribution in [0.5, 0.6) is 0 Å². The van der Waals surface area contributed by atoms with E-state index in [-0.39, 0.29) is 24.0 Å². The average molecular weight is 183 g/mol. The second-order valence-corrected chi connectivity index (χ2v) is 3.51. The van der Waals surface area contributed by atoms with E-state index in [1.54, 1.807) is 11.9 Å². The molecule has 0 aromatic heterocycles. The first-order valence-corrected chi connectivity index (χ1v) is 4.51. The predicted octanol–water partition coefficient (Wildman–Crippen LogP) is -0.711. The minimum Gasteiger partial charge on any atom is -0.357 e. The topological polar surface area (TPSA) is 61.4 Å². The first kappa shape index (κ1) is 8.34. The van der Waals surface area contributed by atoms with Crippen LogP contribution in [0, 0.1) is 0 Å². The summed E-state index contributed by atoms with van der Waals surface area (Å²) >= 11 is 0. The first-order chi connectivity index (χ1) is 6.22.